The van der Waals surface area contributed by atoms with E-state index in [2.05, 4.69) is 5.10 Å². The maximum Gasteiger partial charge on any atom is 0.265 e. The van der Waals surface area contributed by atoms with Crippen molar-refractivity contribution in [1.82, 2.24) is 9.78 Å². The highest BCUT2D eigenvalue weighted by Crippen LogP contribution is 2.32. The number of nitrogens with zero attached hydrogens (tertiary/aromatic N) is 3. The number of halogens is 2. The summed E-state index contributed by atoms with van der Waals surface area (Å²) in [7, 11) is 0. The minimum atomic E-state index is -2.68. The van der Waals surface area contributed by atoms with Crippen LogP contribution in [0.5, 0.6) is 0 Å². The first kappa shape index (κ1) is 12.1. The zero-order valence-electron chi connectivity index (χ0n) is 9.44. The van der Waals surface area contributed by atoms with Gasteiger partial charge >= 0.3 is 0 Å². The molecule has 17 heavy (non-hydrogen) atoms. The number of aliphatic hydroxyl groups is 1. The molecule has 1 aliphatic rings. The Labute approximate surface area is 97.8 Å². The van der Waals surface area contributed by atoms with Crippen molar-refractivity contribution in [1.29, 1.82) is 0 Å². The first-order valence-electron chi connectivity index (χ1n) is 5.58. The summed E-state index contributed by atoms with van der Waals surface area (Å²) < 4.78 is 28.1. The maximum atomic E-state index is 13.3. The van der Waals surface area contributed by atoms with E-state index >= 15 is 0 Å². The first-order chi connectivity index (χ1) is 8.03. The van der Waals surface area contributed by atoms with Gasteiger partial charge in [0.15, 0.2) is 5.82 Å². The summed E-state index contributed by atoms with van der Waals surface area (Å²) in [5.41, 5.74) is 6.11. The Hall–Kier alpha value is -1.37. The van der Waals surface area contributed by atoms with Crippen molar-refractivity contribution in [2.75, 3.05) is 30.3 Å². The Morgan fingerprint density at radius 3 is 2.94 bits per heavy atom. The lowest BCUT2D eigenvalue weighted by molar-refractivity contribution is -0.0120. The zero-order valence-corrected chi connectivity index (χ0v) is 9.44. The third kappa shape index (κ3) is 2.49. The van der Waals surface area contributed by atoms with Gasteiger partial charge in [-0.3, -0.25) is 0 Å². The van der Waals surface area contributed by atoms with Gasteiger partial charge in [-0.2, -0.15) is 5.10 Å². The summed E-state index contributed by atoms with van der Waals surface area (Å²) in [6, 6.07) is 0. The van der Waals surface area contributed by atoms with Gasteiger partial charge in [-0.15, -0.1) is 0 Å². The molecule has 0 amide bonds. The van der Waals surface area contributed by atoms with E-state index in [-0.39, 0.29) is 26.1 Å². The van der Waals surface area contributed by atoms with Gasteiger partial charge < -0.3 is 15.7 Å². The second-order valence-electron chi connectivity index (χ2n) is 4.25. The number of aromatic nitrogens is 2. The molecule has 1 aromatic rings. The predicted molar refractivity (Wildman–Crippen MR) is 60.1 cm³/mol. The zero-order chi connectivity index (χ0) is 12.5. The van der Waals surface area contributed by atoms with Crippen LogP contribution in [-0.2, 0) is 6.54 Å². The van der Waals surface area contributed by atoms with E-state index < -0.39 is 5.92 Å². The molecule has 1 aliphatic heterocycles. The van der Waals surface area contributed by atoms with Crippen LogP contribution in [0.25, 0.3) is 0 Å². The molecule has 0 aliphatic carbocycles. The minimum absolute atomic E-state index is 0.0858. The summed E-state index contributed by atoms with van der Waals surface area (Å²) in [5.74, 6) is -2.20. The third-order valence-corrected chi connectivity index (χ3v) is 2.84. The van der Waals surface area contributed by atoms with E-state index in [1.807, 2.05) is 0 Å². The molecule has 0 saturated carbocycles. The van der Waals surface area contributed by atoms with Crippen LogP contribution in [0.2, 0.25) is 0 Å². The average Bonchev–Trinajstić information content (AvgIpc) is 2.59. The minimum Gasteiger partial charge on any atom is -0.394 e. The topological polar surface area (TPSA) is 67.3 Å². The Bertz CT molecular complexity index is 394. The van der Waals surface area contributed by atoms with Crippen LogP contribution in [0.3, 0.4) is 0 Å². The van der Waals surface area contributed by atoms with Crippen molar-refractivity contribution >= 4 is 11.5 Å². The molecule has 0 aromatic carbocycles. The highest BCUT2D eigenvalue weighted by molar-refractivity contribution is 5.62. The average molecular weight is 246 g/mol. The SMILES string of the molecule is Nc1cnn(CCO)c1N1CCCC(F)(F)C1. The number of anilines is 2. The quantitative estimate of drug-likeness (QED) is 0.823. The Kier molecular flexibility index (Phi) is 3.19. The lowest BCUT2D eigenvalue weighted by atomic mass is 10.1. The number of aliphatic hydroxyl groups excluding tert-OH is 1. The molecule has 2 rings (SSSR count). The number of hydrogen-bond acceptors (Lipinski definition) is 4. The lowest BCUT2D eigenvalue weighted by Gasteiger charge is -2.34. The summed E-state index contributed by atoms with van der Waals surface area (Å²) >= 11 is 0. The van der Waals surface area contributed by atoms with Gasteiger partial charge in [0.1, 0.15) is 0 Å². The van der Waals surface area contributed by atoms with E-state index in [4.69, 9.17) is 10.8 Å². The van der Waals surface area contributed by atoms with Crippen LogP contribution >= 0.6 is 0 Å². The molecule has 1 fully saturated rings. The second-order valence-corrected chi connectivity index (χ2v) is 4.25. The van der Waals surface area contributed by atoms with Gasteiger partial charge in [-0.1, -0.05) is 0 Å². The molecule has 0 spiro atoms. The van der Waals surface area contributed by atoms with E-state index in [0.29, 0.717) is 24.5 Å². The smallest absolute Gasteiger partial charge is 0.265 e. The number of nitrogens with two attached hydrogens (primary N) is 1. The van der Waals surface area contributed by atoms with Crippen molar-refractivity contribution in [3.63, 3.8) is 0 Å². The molecule has 2 heterocycles. The Balaban J connectivity index is 2.23. The van der Waals surface area contributed by atoms with Crippen LogP contribution in [0.4, 0.5) is 20.3 Å². The van der Waals surface area contributed by atoms with Gasteiger partial charge in [0.05, 0.1) is 31.6 Å². The molecular formula is C10H16F2N4O. The summed E-state index contributed by atoms with van der Waals surface area (Å²) in [4.78, 5) is 1.54. The molecular weight excluding hydrogens is 230 g/mol. The Morgan fingerprint density at radius 2 is 2.29 bits per heavy atom. The van der Waals surface area contributed by atoms with Crippen molar-refractivity contribution < 1.29 is 13.9 Å². The molecule has 1 saturated heterocycles. The number of rotatable bonds is 3. The fourth-order valence-electron chi connectivity index (χ4n) is 2.14. The van der Waals surface area contributed by atoms with Crippen molar-refractivity contribution in [2.45, 2.75) is 25.3 Å². The number of nitrogen functional groups attached to an aromatic ring is 1. The molecule has 7 heteroatoms. The van der Waals surface area contributed by atoms with Crippen molar-refractivity contribution in [3.8, 4) is 0 Å². The van der Waals surface area contributed by atoms with Crippen molar-refractivity contribution in [2.24, 2.45) is 0 Å². The van der Waals surface area contributed by atoms with Crippen LogP contribution < -0.4 is 10.6 Å². The van der Waals surface area contributed by atoms with Gasteiger partial charge in [0, 0.05) is 13.0 Å². The summed E-state index contributed by atoms with van der Waals surface area (Å²) in [6.45, 7) is 0.359. The van der Waals surface area contributed by atoms with Crippen LogP contribution in [0.15, 0.2) is 6.20 Å². The highest BCUT2D eigenvalue weighted by atomic mass is 19.3. The van der Waals surface area contributed by atoms with E-state index in [1.54, 1.807) is 4.90 Å². The largest absolute Gasteiger partial charge is 0.394 e. The standard InChI is InChI=1S/C10H16F2N4O/c11-10(12)2-1-3-15(7-10)9-8(13)6-14-16(9)4-5-17/h6,17H,1-5,7,13H2. The molecule has 3 N–H and O–H groups in total. The van der Waals surface area contributed by atoms with Gasteiger partial charge in [-0.05, 0) is 6.42 Å². The van der Waals surface area contributed by atoms with E-state index in [0.717, 1.165) is 0 Å². The molecule has 0 atom stereocenters. The third-order valence-electron chi connectivity index (χ3n) is 2.84. The number of hydrogen-bond donors (Lipinski definition) is 2. The molecule has 0 radical (unpaired) electrons. The predicted octanol–water partition coefficient (Wildman–Crippen LogP) is 0.693. The maximum absolute atomic E-state index is 13.3. The monoisotopic (exact) mass is 246 g/mol. The number of piperidine rings is 1. The molecule has 0 bridgehead atoms. The second kappa shape index (κ2) is 4.48. The lowest BCUT2D eigenvalue weighted by Crippen LogP contribution is -2.43. The van der Waals surface area contributed by atoms with Crippen molar-refractivity contribution in [3.05, 3.63) is 6.20 Å². The summed E-state index contributed by atoms with van der Waals surface area (Å²) in [6.07, 6.45) is 1.77. The van der Waals surface area contributed by atoms with E-state index in [9.17, 15) is 8.78 Å². The van der Waals surface area contributed by atoms with Crippen LogP contribution in [0.1, 0.15) is 12.8 Å². The molecule has 1 aromatic heterocycles. The van der Waals surface area contributed by atoms with Gasteiger partial charge in [0.2, 0.25) is 0 Å². The fourth-order valence-corrected chi connectivity index (χ4v) is 2.14. The van der Waals surface area contributed by atoms with Gasteiger partial charge in [0.25, 0.3) is 5.92 Å². The molecule has 96 valence electrons. The van der Waals surface area contributed by atoms with E-state index in [1.165, 1.54) is 10.9 Å². The highest BCUT2D eigenvalue weighted by Gasteiger charge is 2.36. The first-order valence-corrected chi connectivity index (χ1v) is 5.58. The van der Waals surface area contributed by atoms with Crippen LogP contribution in [0, 0.1) is 0 Å². The van der Waals surface area contributed by atoms with Crippen LogP contribution in [-0.4, -0.2) is 40.5 Å². The number of alkyl halides is 2. The molecule has 5 nitrogen and oxygen atoms in total. The Morgan fingerprint density at radius 1 is 1.53 bits per heavy atom. The molecule has 0 unspecified atom stereocenters. The summed E-state index contributed by atoms with van der Waals surface area (Å²) in [5, 5.41) is 12.9. The normalized spacial score (nSPS) is 19.6. The van der Waals surface area contributed by atoms with Gasteiger partial charge in [-0.25, -0.2) is 13.5 Å². The fraction of sp³-hybridized carbons (Fsp3) is 0.700.